The second-order valence-electron chi connectivity index (χ2n) is 9.84. The molecule has 2 nitrogen and oxygen atoms in total. The van der Waals surface area contributed by atoms with Gasteiger partial charge >= 0.3 is 5.97 Å². The quantitative estimate of drug-likeness (QED) is 0.347. The van der Waals surface area contributed by atoms with Crippen molar-refractivity contribution in [2.75, 3.05) is 0 Å². The van der Waals surface area contributed by atoms with Gasteiger partial charge in [0.05, 0.1) is 0 Å². The Hall–Kier alpha value is -0.790. The molecule has 0 heterocycles. The number of allylic oxidation sites excluding steroid dienone is 1. The van der Waals surface area contributed by atoms with E-state index in [4.69, 9.17) is 4.74 Å². The van der Waals surface area contributed by atoms with Gasteiger partial charge in [0.25, 0.3) is 0 Å². The lowest BCUT2D eigenvalue weighted by molar-refractivity contribution is -0.145. The molecular weight excluding hydrogens is 356 g/mol. The Morgan fingerprint density at radius 2 is 0.897 bits per heavy atom. The van der Waals surface area contributed by atoms with Gasteiger partial charge in [-0.1, -0.05) is 95.5 Å². The van der Waals surface area contributed by atoms with Crippen LogP contribution in [0, 0.1) is 5.92 Å². The van der Waals surface area contributed by atoms with E-state index in [1.54, 1.807) is 0 Å². The Morgan fingerprint density at radius 1 is 0.552 bits per heavy atom. The minimum atomic E-state index is -0.0308. The predicted molar refractivity (Wildman–Crippen MR) is 124 cm³/mol. The van der Waals surface area contributed by atoms with Crippen LogP contribution in [0.2, 0.25) is 0 Å². The molecule has 0 aliphatic heterocycles. The standard InChI is InChI=1S/C27H48O2/c1-23(25-19-15-11-7-3-4-8-12-16-20-25)24(2)27(28)29-26-21-17-13-9-5-6-10-14-18-22-26/h25-26H,3-22H2,1-2H3. The van der Waals surface area contributed by atoms with Crippen molar-refractivity contribution in [3.05, 3.63) is 11.1 Å². The van der Waals surface area contributed by atoms with Gasteiger partial charge in [-0.05, 0) is 58.3 Å². The fourth-order valence-electron chi connectivity index (χ4n) is 5.19. The molecule has 0 aromatic rings. The number of esters is 1. The fraction of sp³-hybridized carbons (Fsp3) is 0.889. The number of hydrogen-bond acceptors (Lipinski definition) is 2. The highest BCUT2D eigenvalue weighted by Gasteiger charge is 2.21. The van der Waals surface area contributed by atoms with E-state index >= 15 is 0 Å². The van der Waals surface area contributed by atoms with Crippen molar-refractivity contribution in [2.24, 2.45) is 5.92 Å². The summed E-state index contributed by atoms with van der Waals surface area (Å²) in [5.74, 6) is 0.546. The molecule has 0 saturated heterocycles. The zero-order valence-corrected chi connectivity index (χ0v) is 19.6. The van der Waals surface area contributed by atoms with Crippen LogP contribution in [0.3, 0.4) is 0 Å². The summed E-state index contributed by atoms with van der Waals surface area (Å²) in [5, 5.41) is 0. The number of carbonyl (C=O) groups is 1. The van der Waals surface area contributed by atoms with Crippen molar-refractivity contribution >= 4 is 5.97 Å². The normalized spacial score (nSPS) is 23.9. The van der Waals surface area contributed by atoms with Crippen LogP contribution in [-0.2, 0) is 9.53 Å². The number of rotatable bonds is 3. The number of ether oxygens (including phenoxy) is 1. The van der Waals surface area contributed by atoms with Crippen LogP contribution in [0.25, 0.3) is 0 Å². The topological polar surface area (TPSA) is 26.3 Å². The van der Waals surface area contributed by atoms with E-state index in [0.717, 1.165) is 18.4 Å². The Bertz CT molecular complexity index is 455. The molecule has 2 aliphatic rings. The van der Waals surface area contributed by atoms with E-state index in [1.807, 2.05) is 6.92 Å². The molecule has 2 heteroatoms. The lowest BCUT2D eigenvalue weighted by Crippen LogP contribution is -2.20. The highest BCUT2D eigenvalue weighted by Crippen LogP contribution is 2.29. The molecule has 0 bridgehead atoms. The molecule has 0 amide bonds. The monoisotopic (exact) mass is 404 g/mol. The number of carbonyl (C=O) groups excluding carboxylic acids is 1. The van der Waals surface area contributed by atoms with Crippen molar-refractivity contribution in [1.82, 2.24) is 0 Å². The fourth-order valence-corrected chi connectivity index (χ4v) is 5.19. The van der Waals surface area contributed by atoms with Crippen LogP contribution < -0.4 is 0 Å². The first-order valence-electron chi connectivity index (χ1n) is 13.1. The van der Waals surface area contributed by atoms with Crippen molar-refractivity contribution in [1.29, 1.82) is 0 Å². The summed E-state index contributed by atoms with van der Waals surface area (Å²) in [4.78, 5) is 13.0. The third-order valence-electron chi connectivity index (χ3n) is 7.44. The van der Waals surface area contributed by atoms with Gasteiger partial charge in [0.1, 0.15) is 6.10 Å². The Balaban J connectivity index is 1.93. The predicted octanol–water partition coefficient (Wildman–Crippen LogP) is 8.68. The lowest BCUT2D eigenvalue weighted by Gasteiger charge is -2.22. The van der Waals surface area contributed by atoms with Crippen molar-refractivity contribution in [3.63, 3.8) is 0 Å². The van der Waals surface area contributed by atoms with Crippen LogP contribution in [0.4, 0.5) is 0 Å². The summed E-state index contributed by atoms with van der Waals surface area (Å²) in [6, 6.07) is 0. The first-order valence-corrected chi connectivity index (χ1v) is 13.1. The van der Waals surface area contributed by atoms with Gasteiger partial charge in [-0.2, -0.15) is 0 Å². The summed E-state index contributed by atoms with van der Waals surface area (Å²) in [6.07, 6.45) is 26.2. The summed E-state index contributed by atoms with van der Waals surface area (Å²) in [5.41, 5.74) is 2.21. The molecule has 0 unspecified atom stereocenters. The smallest absolute Gasteiger partial charge is 0.333 e. The average Bonchev–Trinajstić information content (AvgIpc) is 2.83. The molecule has 29 heavy (non-hydrogen) atoms. The van der Waals surface area contributed by atoms with Gasteiger partial charge in [-0.3, -0.25) is 0 Å². The molecule has 168 valence electrons. The third-order valence-corrected chi connectivity index (χ3v) is 7.44. The van der Waals surface area contributed by atoms with Gasteiger partial charge in [0.2, 0.25) is 0 Å². The van der Waals surface area contributed by atoms with Crippen LogP contribution in [0.1, 0.15) is 142 Å². The molecular formula is C27H48O2. The molecule has 0 aromatic heterocycles. The SMILES string of the molecule is CC(C(=O)OC1CCCCCCCCCC1)=C(C)C1CCCCCCCCCC1. The zero-order valence-electron chi connectivity index (χ0n) is 19.6. The number of hydrogen-bond donors (Lipinski definition) is 0. The molecule has 2 saturated carbocycles. The van der Waals surface area contributed by atoms with E-state index in [1.165, 1.54) is 121 Å². The molecule has 0 spiro atoms. The summed E-state index contributed by atoms with van der Waals surface area (Å²) in [6.45, 7) is 4.23. The van der Waals surface area contributed by atoms with Crippen molar-refractivity contribution in [3.8, 4) is 0 Å². The van der Waals surface area contributed by atoms with E-state index in [2.05, 4.69) is 6.92 Å². The lowest BCUT2D eigenvalue weighted by atomic mass is 9.87. The highest BCUT2D eigenvalue weighted by atomic mass is 16.5. The maximum atomic E-state index is 13.0. The van der Waals surface area contributed by atoms with E-state index in [0.29, 0.717) is 5.92 Å². The minimum Gasteiger partial charge on any atom is -0.459 e. The van der Waals surface area contributed by atoms with E-state index < -0.39 is 0 Å². The molecule has 0 N–H and O–H groups in total. The Morgan fingerprint density at radius 3 is 1.31 bits per heavy atom. The first-order chi connectivity index (χ1) is 14.2. The second kappa shape index (κ2) is 15.1. The van der Waals surface area contributed by atoms with Crippen LogP contribution >= 0.6 is 0 Å². The second-order valence-corrected chi connectivity index (χ2v) is 9.84. The van der Waals surface area contributed by atoms with Gasteiger partial charge in [-0.15, -0.1) is 0 Å². The highest BCUT2D eigenvalue weighted by molar-refractivity contribution is 5.88. The van der Waals surface area contributed by atoms with Crippen molar-refractivity contribution in [2.45, 2.75) is 148 Å². The van der Waals surface area contributed by atoms with E-state index in [-0.39, 0.29) is 12.1 Å². The third kappa shape index (κ3) is 10.2. The maximum absolute atomic E-state index is 13.0. The van der Waals surface area contributed by atoms with Crippen LogP contribution in [-0.4, -0.2) is 12.1 Å². The molecule has 0 radical (unpaired) electrons. The van der Waals surface area contributed by atoms with E-state index in [9.17, 15) is 4.79 Å². The zero-order chi connectivity index (χ0) is 20.7. The minimum absolute atomic E-state index is 0.0308. The van der Waals surface area contributed by atoms with Gasteiger partial charge in [0, 0.05) is 5.57 Å². The van der Waals surface area contributed by atoms with Gasteiger partial charge in [-0.25, -0.2) is 4.79 Å². The first kappa shape index (κ1) is 24.5. The van der Waals surface area contributed by atoms with Crippen LogP contribution in [0.5, 0.6) is 0 Å². The molecule has 2 rings (SSSR count). The maximum Gasteiger partial charge on any atom is 0.333 e. The van der Waals surface area contributed by atoms with Crippen LogP contribution in [0.15, 0.2) is 11.1 Å². The van der Waals surface area contributed by atoms with Gasteiger partial charge < -0.3 is 4.74 Å². The largest absolute Gasteiger partial charge is 0.459 e. The summed E-state index contributed by atoms with van der Waals surface area (Å²) in [7, 11) is 0. The molecule has 0 aromatic carbocycles. The van der Waals surface area contributed by atoms with Gasteiger partial charge in [0.15, 0.2) is 0 Å². The summed E-state index contributed by atoms with van der Waals surface area (Å²) >= 11 is 0. The molecule has 2 fully saturated rings. The average molecular weight is 405 g/mol. The molecule has 2 aliphatic carbocycles. The Kier molecular flexibility index (Phi) is 12.7. The summed E-state index contributed by atoms with van der Waals surface area (Å²) < 4.78 is 6.06. The Labute approximate surface area is 181 Å². The van der Waals surface area contributed by atoms with Crippen molar-refractivity contribution < 1.29 is 9.53 Å². The molecule has 0 atom stereocenters.